The second-order valence-corrected chi connectivity index (χ2v) is 5.00. The number of nitrogens with one attached hydrogen (secondary N) is 1. The van der Waals surface area contributed by atoms with E-state index in [2.05, 4.69) is 4.72 Å². The molecule has 1 aromatic rings. The van der Waals surface area contributed by atoms with E-state index in [1.807, 2.05) is 0 Å². The first-order valence-electron chi connectivity index (χ1n) is 4.48. The van der Waals surface area contributed by atoms with Gasteiger partial charge >= 0.3 is 0 Å². The number of hydrogen-bond donors (Lipinski definition) is 1. The number of anilines is 1. The quantitative estimate of drug-likeness (QED) is 0.640. The molecule has 0 heterocycles. The van der Waals surface area contributed by atoms with Gasteiger partial charge in [0, 0.05) is 17.3 Å². The van der Waals surface area contributed by atoms with Crippen LogP contribution in [0.4, 0.5) is 11.4 Å². The van der Waals surface area contributed by atoms with Gasteiger partial charge in [0.2, 0.25) is 10.0 Å². The fourth-order valence-corrected chi connectivity index (χ4v) is 1.95. The van der Waals surface area contributed by atoms with Crippen LogP contribution in [0.1, 0.15) is 5.56 Å². The monoisotopic (exact) mass is 255 g/mol. The van der Waals surface area contributed by atoms with Crippen LogP contribution >= 0.6 is 0 Å². The lowest BCUT2D eigenvalue weighted by Gasteiger charge is -2.05. The molecule has 1 rings (SSSR count). The predicted molar refractivity (Wildman–Crippen MR) is 60.9 cm³/mol. The first-order chi connectivity index (χ1) is 7.85. The number of benzene rings is 1. The molecule has 17 heavy (non-hydrogen) atoms. The number of hydrogen-bond acceptors (Lipinski definition) is 5. The molecular formula is C9H9N3O4S. The molecule has 0 saturated heterocycles. The third-order valence-electron chi connectivity index (χ3n) is 1.92. The molecule has 0 aromatic heterocycles. The Hall–Kier alpha value is -2.14. The van der Waals surface area contributed by atoms with Crippen LogP contribution in [0.25, 0.3) is 0 Å². The Kier molecular flexibility index (Phi) is 3.65. The van der Waals surface area contributed by atoms with Crippen molar-refractivity contribution in [2.45, 2.75) is 6.92 Å². The van der Waals surface area contributed by atoms with Crippen molar-refractivity contribution < 1.29 is 13.3 Å². The molecule has 1 aromatic carbocycles. The van der Waals surface area contributed by atoms with Crippen molar-refractivity contribution in [1.82, 2.24) is 0 Å². The highest BCUT2D eigenvalue weighted by molar-refractivity contribution is 7.92. The van der Waals surface area contributed by atoms with Gasteiger partial charge in [0.1, 0.15) is 0 Å². The highest BCUT2D eigenvalue weighted by atomic mass is 32.2. The molecule has 0 saturated carbocycles. The van der Waals surface area contributed by atoms with Crippen LogP contribution in [0, 0.1) is 28.4 Å². The fourth-order valence-electron chi connectivity index (χ4n) is 1.22. The normalized spacial score (nSPS) is 10.6. The minimum atomic E-state index is -3.72. The van der Waals surface area contributed by atoms with Gasteiger partial charge in [-0.15, -0.1) is 0 Å². The molecule has 1 N–H and O–H groups in total. The zero-order chi connectivity index (χ0) is 13.1. The van der Waals surface area contributed by atoms with Gasteiger partial charge in [0.25, 0.3) is 5.69 Å². The maximum absolute atomic E-state index is 11.3. The standard InChI is InChI=1S/C9H9N3O4S/c1-7-6-8(2-3-9(7)12(13)14)11-17(15,16)5-4-10/h2-3,6,11H,5H2,1H3. The fraction of sp³-hybridized carbons (Fsp3) is 0.222. The summed E-state index contributed by atoms with van der Waals surface area (Å²) >= 11 is 0. The number of nitro benzene ring substituents is 1. The highest BCUT2D eigenvalue weighted by Crippen LogP contribution is 2.22. The van der Waals surface area contributed by atoms with Crippen molar-refractivity contribution in [1.29, 1.82) is 5.26 Å². The molecule has 0 bridgehead atoms. The van der Waals surface area contributed by atoms with E-state index < -0.39 is 20.7 Å². The number of nitriles is 1. The molecule has 0 aliphatic carbocycles. The number of rotatable bonds is 4. The van der Waals surface area contributed by atoms with Crippen molar-refractivity contribution in [3.8, 4) is 6.07 Å². The summed E-state index contributed by atoms with van der Waals surface area (Å²) in [5.74, 6) is -0.664. The van der Waals surface area contributed by atoms with E-state index in [1.54, 1.807) is 0 Å². The SMILES string of the molecule is Cc1cc(NS(=O)(=O)CC#N)ccc1[N+](=O)[O-]. The minimum absolute atomic E-state index is 0.0896. The number of sulfonamides is 1. The molecule has 90 valence electrons. The summed E-state index contributed by atoms with van der Waals surface area (Å²) < 4.78 is 24.7. The van der Waals surface area contributed by atoms with Crippen molar-refractivity contribution in [3.63, 3.8) is 0 Å². The van der Waals surface area contributed by atoms with Gasteiger partial charge in [-0.25, -0.2) is 8.42 Å². The Morgan fingerprint density at radius 3 is 2.65 bits per heavy atom. The van der Waals surface area contributed by atoms with Crippen LogP contribution in [0.5, 0.6) is 0 Å². The van der Waals surface area contributed by atoms with Gasteiger partial charge in [-0.1, -0.05) is 0 Å². The van der Waals surface area contributed by atoms with Crippen LogP contribution in [0.2, 0.25) is 0 Å². The van der Waals surface area contributed by atoms with Gasteiger partial charge < -0.3 is 0 Å². The van der Waals surface area contributed by atoms with Crippen LogP contribution in [0.3, 0.4) is 0 Å². The zero-order valence-corrected chi connectivity index (χ0v) is 9.69. The lowest BCUT2D eigenvalue weighted by Crippen LogP contribution is -2.15. The summed E-state index contributed by atoms with van der Waals surface area (Å²) in [5.41, 5.74) is 0.448. The molecule has 0 fully saturated rings. The second-order valence-electron chi connectivity index (χ2n) is 3.28. The highest BCUT2D eigenvalue weighted by Gasteiger charge is 2.13. The molecule has 0 aliphatic heterocycles. The van der Waals surface area contributed by atoms with Crippen LogP contribution in [0.15, 0.2) is 18.2 Å². The minimum Gasteiger partial charge on any atom is -0.283 e. The number of nitro groups is 1. The van der Waals surface area contributed by atoms with Crippen molar-refractivity contribution in [2.75, 3.05) is 10.5 Å². The molecule has 8 heteroatoms. The largest absolute Gasteiger partial charge is 0.283 e. The maximum Gasteiger partial charge on any atom is 0.272 e. The summed E-state index contributed by atoms with van der Waals surface area (Å²) in [6.45, 7) is 1.50. The van der Waals surface area contributed by atoms with E-state index >= 15 is 0 Å². The molecule has 0 aliphatic rings. The molecule has 0 radical (unpaired) electrons. The van der Waals surface area contributed by atoms with Gasteiger partial charge in [-0.05, 0) is 19.1 Å². The Labute approximate surface area is 97.9 Å². The molecule has 0 unspecified atom stereocenters. The van der Waals surface area contributed by atoms with Crippen LogP contribution in [-0.4, -0.2) is 19.1 Å². The lowest BCUT2D eigenvalue weighted by molar-refractivity contribution is -0.385. The van der Waals surface area contributed by atoms with Gasteiger partial charge in [0.15, 0.2) is 5.75 Å². The maximum atomic E-state index is 11.3. The van der Waals surface area contributed by atoms with E-state index in [1.165, 1.54) is 31.2 Å². The molecular weight excluding hydrogens is 246 g/mol. The Balaban J connectivity index is 3.01. The summed E-state index contributed by atoms with van der Waals surface area (Å²) in [4.78, 5) is 9.99. The summed E-state index contributed by atoms with van der Waals surface area (Å²) in [6.07, 6.45) is 0. The molecule has 0 atom stereocenters. The summed E-state index contributed by atoms with van der Waals surface area (Å²) in [7, 11) is -3.72. The van der Waals surface area contributed by atoms with E-state index in [0.29, 0.717) is 5.56 Å². The summed E-state index contributed by atoms with van der Waals surface area (Å²) in [6, 6.07) is 5.34. The first-order valence-corrected chi connectivity index (χ1v) is 6.13. The van der Waals surface area contributed by atoms with Gasteiger partial charge in [0.05, 0.1) is 11.0 Å². The molecule has 0 amide bonds. The molecule has 7 nitrogen and oxygen atoms in total. The number of aryl methyl sites for hydroxylation is 1. The average molecular weight is 255 g/mol. The first kappa shape index (κ1) is 12.9. The number of nitrogens with zero attached hydrogens (tertiary/aromatic N) is 2. The Morgan fingerprint density at radius 2 is 2.18 bits per heavy atom. The Bertz CT molecular complexity index is 589. The smallest absolute Gasteiger partial charge is 0.272 e. The van der Waals surface area contributed by atoms with Crippen molar-refractivity contribution in [2.24, 2.45) is 0 Å². The van der Waals surface area contributed by atoms with Crippen LogP contribution in [-0.2, 0) is 10.0 Å². The second kappa shape index (κ2) is 4.80. The van der Waals surface area contributed by atoms with Crippen molar-refractivity contribution in [3.05, 3.63) is 33.9 Å². The lowest BCUT2D eigenvalue weighted by atomic mass is 10.2. The topological polar surface area (TPSA) is 113 Å². The average Bonchev–Trinajstić information content (AvgIpc) is 2.15. The van der Waals surface area contributed by atoms with Crippen LogP contribution < -0.4 is 4.72 Å². The summed E-state index contributed by atoms with van der Waals surface area (Å²) in [5, 5.41) is 18.8. The predicted octanol–water partition coefficient (Wildman–Crippen LogP) is 1.17. The van der Waals surface area contributed by atoms with E-state index in [-0.39, 0.29) is 11.4 Å². The third kappa shape index (κ3) is 3.42. The van der Waals surface area contributed by atoms with E-state index in [9.17, 15) is 18.5 Å². The zero-order valence-electron chi connectivity index (χ0n) is 8.87. The van der Waals surface area contributed by atoms with E-state index in [4.69, 9.17) is 5.26 Å². The molecule has 0 spiro atoms. The van der Waals surface area contributed by atoms with Gasteiger partial charge in [-0.3, -0.25) is 14.8 Å². The Morgan fingerprint density at radius 1 is 1.53 bits per heavy atom. The van der Waals surface area contributed by atoms with Crippen molar-refractivity contribution >= 4 is 21.4 Å². The third-order valence-corrected chi connectivity index (χ3v) is 2.98. The van der Waals surface area contributed by atoms with E-state index in [0.717, 1.165) is 0 Å². The van der Waals surface area contributed by atoms with Gasteiger partial charge in [-0.2, -0.15) is 5.26 Å².